The number of hydrogen-bond donors (Lipinski definition) is 1. The molecule has 1 N–H and O–H groups in total. The molecule has 0 aromatic heterocycles. The average molecular weight is 198 g/mol. The van der Waals surface area contributed by atoms with Crippen LogP contribution >= 0.6 is 0 Å². The highest BCUT2D eigenvalue weighted by Gasteiger charge is 2.00. The number of rotatable bonds is 7. The van der Waals surface area contributed by atoms with Gasteiger partial charge in [-0.05, 0) is 44.4 Å². The minimum atomic E-state index is 0.329. The first kappa shape index (κ1) is 13.7. The predicted molar refractivity (Wildman–Crippen MR) is 63.3 cm³/mol. The summed E-state index contributed by atoms with van der Waals surface area (Å²) >= 11 is 0. The van der Waals surface area contributed by atoms with Crippen LogP contribution in [0.2, 0.25) is 0 Å². The average Bonchev–Trinajstić information content (AvgIpc) is 2.02. The largest absolute Gasteiger partial charge is 0.396 e. The van der Waals surface area contributed by atoms with Crippen LogP contribution in [0.4, 0.5) is 0 Å². The zero-order valence-electron chi connectivity index (χ0n) is 10.2. The van der Waals surface area contributed by atoms with Gasteiger partial charge in [-0.1, -0.05) is 32.4 Å². The Balaban J connectivity index is 3.59. The lowest BCUT2D eigenvalue weighted by atomic mass is 9.99. The maximum Gasteiger partial charge on any atom is 0.0433 e. The Kier molecular flexibility index (Phi) is 7.87. The van der Waals surface area contributed by atoms with Crippen LogP contribution < -0.4 is 0 Å². The number of hydrogen-bond acceptors (Lipinski definition) is 1. The van der Waals surface area contributed by atoms with E-state index in [1.165, 1.54) is 24.8 Å². The van der Waals surface area contributed by atoms with Crippen molar-refractivity contribution in [2.45, 2.75) is 53.4 Å². The van der Waals surface area contributed by atoms with Gasteiger partial charge in [0.25, 0.3) is 0 Å². The van der Waals surface area contributed by atoms with Crippen molar-refractivity contribution >= 4 is 0 Å². The van der Waals surface area contributed by atoms with E-state index in [4.69, 9.17) is 5.11 Å². The molecule has 14 heavy (non-hydrogen) atoms. The summed E-state index contributed by atoms with van der Waals surface area (Å²) in [6.07, 6.45) is 6.88. The van der Waals surface area contributed by atoms with Crippen molar-refractivity contribution in [3.05, 3.63) is 11.6 Å². The molecule has 1 nitrogen and oxygen atoms in total. The van der Waals surface area contributed by atoms with Crippen LogP contribution in [0.5, 0.6) is 0 Å². The van der Waals surface area contributed by atoms with E-state index < -0.39 is 0 Å². The SMILES string of the molecule is C/C(=C\CCC(C)CCO)CC(C)C. The summed E-state index contributed by atoms with van der Waals surface area (Å²) in [6, 6.07) is 0. The van der Waals surface area contributed by atoms with Gasteiger partial charge in [0, 0.05) is 6.61 Å². The molecule has 0 aromatic rings. The van der Waals surface area contributed by atoms with Gasteiger partial charge >= 0.3 is 0 Å². The molecule has 84 valence electrons. The van der Waals surface area contributed by atoms with Crippen LogP contribution in [0.3, 0.4) is 0 Å². The van der Waals surface area contributed by atoms with E-state index in [1.54, 1.807) is 0 Å². The van der Waals surface area contributed by atoms with Crippen molar-refractivity contribution < 1.29 is 5.11 Å². The van der Waals surface area contributed by atoms with Crippen LogP contribution in [-0.4, -0.2) is 11.7 Å². The lowest BCUT2D eigenvalue weighted by Crippen LogP contribution is -1.97. The third kappa shape index (κ3) is 8.31. The second-order valence-corrected chi connectivity index (χ2v) is 4.84. The molecule has 0 spiro atoms. The third-order valence-corrected chi connectivity index (χ3v) is 2.50. The van der Waals surface area contributed by atoms with Gasteiger partial charge in [-0.25, -0.2) is 0 Å². The van der Waals surface area contributed by atoms with Crippen molar-refractivity contribution in [2.24, 2.45) is 11.8 Å². The van der Waals surface area contributed by atoms with Crippen LogP contribution in [0.1, 0.15) is 53.4 Å². The number of aliphatic hydroxyl groups is 1. The molecule has 0 bridgehead atoms. The van der Waals surface area contributed by atoms with Gasteiger partial charge in [0.05, 0.1) is 0 Å². The minimum Gasteiger partial charge on any atom is -0.396 e. The normalized spacial score (nSPS) is 14.9. The fourth-order valence-corrected chi connectivity index (χ4v) is 1.71. The van der Waals surface area contributed by atoms with E-state index in [0.717, 1.165) is 12.3 Å². The first-order valence-corrected chi connectivity index (χ1v) is 5.82. The molecule has 1 unspecified atom stereocenters. The van der Waals surface area contributed by atoms with E-state index in [2.05, 4.69) is 33.8 Å². The highest BCUT2D eigenvalue weighted by atomic mass is 16.3. The van der Waals surface area contributed by atoms with Crippen molar-refractivity contribution in [1.29, 1.82) is 0 Å². The Bertz CT molecular complexity index is 159. The molecule has 1 atom stereocenters. The van der Waals surface area contributed by atoms with Gasteiger partial charge in [-0.15, -0.1) is 0 Å². The predicted octanol–water partition coefficient (Wildman–Crippen LogP) is 3.78. The molecule has 0 aromatic carbocycles. The molecule has 0 amide bonds. The van der Waals surface area contributed by atoms with E-state index in [1.807, 2.05) is 0 Å². The summed E-state index contributed by atoms with van der Waals surface area (Å²) in [5.41, 5.74) is 1.51. The Hall–Kier alpha value is -0.300. The third-order valence-electron chi connectivity index (χ3n) is 2.50. The molecule has 1 heteroatoms. The molecule has 0 saturated heterocycles. The van der Waals surface area contributed by atoms with Crippen LogP contribution in [0, 0.1) is 11.8 Å². The Morgan fingerprint density at radius 1 is 1.21 bits per heavy atom. The molecule has 0 radical (unpaired) electrons. The van der Waals surface area contributed by atoms with Gasteiger partial charge in [-0.2, -0.15) is 0 Å². The fourth-order valence-electron chi connectivity index (χ4n) is 1.71. The first-order chi connectivity index (χ1) is 6.56. The van der Waals surface area contributed by atoms with Crippen molar-refractivity contribution in [3.8, 4) is 0 Å². The topological polar surface area (TPSA) is 20.2 Å². The molecule has 0 saturated carbocycles. The summed E-state index contributed by atoms with van der Waals surface area (Å²) < 4.78 is 0. The molecule has 0 fully saturated rings. The lowest BCUT2D eigenvalue weighted by Gasteiger charge is -2.08. The van der Waals surface area contributed by atoms with E-state index >= 15 is 0 Å². The summed E-state index contributed by atoms with van der Waals surface area (Å²) in [6.45, 7) is 9.27. The molecular formula is C13H26O. The quantitative estimate of drug-likeness (QED) is 0.617. The Morgan fingerprint density at radius 3 is 2.36 bits per heavy atom. The molecule has 0 aliphatic carbocycles. The highest BCUT2D eigenvalue weighted by Crippen LogP contribution is 2.14. The van der Waals surface area contributed by atoms with Gasteiger partial charge in [-0.3, -0.25) is 0 Å². The molecule has 0 heterocycles. The molecule has 0 rings (SSSR count). The van der Waals surface area contributed by atoms with Gasteiger partial charge in [0.15, 0.2) is 0 Å². The standard InChI is InChI=1S/C13H26O/c1-11(2)10-13(4)7-5-6-12(3)8-9-14/h7,11-12,14H,5-6,8-10H2,1-4H3/b13-7+. The maximum absolute atomic E-state index is 8.75. The summed E-state index contributed by atoms with van der Waals surface area (Å²) in [5.74, 6) is 1.42. The zero-order valence-corrected chi connectivity index (χ0v) is 10.2. The number of allylic oxidation sites excluding steroid dienone is 2. The fraction of sp³-hybridized carbons (Fsp3) is 0.846. The summed E-state index contributed by atoms with van der Waals surface area (Å²) in [7, 11) is 0. The van der Waals surface area contributed by atoms with Gasteiger partial charge < -0.3 is 5.11 Å². The Labute approximate surface area is 89.2 Å². The van der Waals surface area contributed by atoms with Crippen LogP contribution in [0.25, 0.3) is 0 Å². The second kappa shape index (κ2) is 8.05. The molecular weight excluding hydrogens is 172 g/mol. The highest BCUT2D eigenvalue weighted by molar-refractivity contribution is 4.98. The second-order valence-electron chi connectivity index (χ2n) is 4.84. The van der Waals surface area contributed by atoms with Gasteiger partial charge in [0.2, 0.25) is 0 Å². The van der Waals surface area contributed by atoms with E-state index in [-0.39, 0.29) is 0 Å². The maximum atomic E-state index is 8.75. The smallest absolute Gasteiger partial charge is 0.0433 e. The number of aliphatic hydroxyl groups excluding tert-OH is 1. The van der Waals surface area contributed by atoms with Crippen molar-refractivity contribution in [1.82, 2.24) is 0 Å². The summed E-state index contributed by atoms with van der Waals surface area (Å²) in [4.78, 5) is 0. The van der Waals surface area contributed by atoms with E-state index in [0.29, 0.717) is 12.5 Å². The molecule has 0 aliphatic heterocycles. The summed E-state index contributed by atoms with van der Waals surface area (Å²) in [5, 5.41) is 8.75. The first-order valence-electron chi connectivity index (χ1n) is 5.82. The monoisotopic (exact) mass is 198 g/mol. The van der Waals surface area contributed by atoms with Crippen LogP contribution in [-0.2, 0) is 0 Å². The van der Waals surface area contributed by atoms with E-state index in [9.17, 15) is 0 Å². The minimum absolute atomic E-state index is 0.329. The van der Waals surface area contributed by atoms with Crippen LogP contribution in [0.15, 0.2) is 11.6 Å². The lowest BCUT2D eigenvalue weighted by molar-refractivity contribution is 0.259. The van der Waals surface area contributed by atoms with Crippen molar-refractivity contribution in [3.63, 3.8) is 0 Å². The zero-order chi connectivity index (χ0) is 11.0. The molecule has 0 aliphatic rings. The van der Waals surface area contributed by atoms with Gasteiger partial charge in [0.1, 0.15) is 0 Å². The Morgan fingerprint density at radius 2 is 1.86 bits per heavy atom. The van der Waals surface area contributed by atoms with Crippen molar-refractivity contribution in [2.75, 3.05) is 6.61 Å².